The molecule has 0 bridgehead atoms. The van der Waals surface area contributed by atoms with Gasteiger partial charge in [-0.3, -0.25) is 0 Å². The molecule has 1 aliphatic rings. The van der Waals surface area contributed by atoms with Gasteiger partial charge in [-0.05, 0) is 35.2 Å². The van der Waals surface area contributed by atoms with Gasteiger partial charge in [0.1, 0.15) is 0 Å². The van der Waals surface area contributed by atoms with Crippen LogP contribution in [-0.4, -0.2) is 16.5 Å². The van der Waals surface area contributed by atoms with Gasteiger partial charge in [0.2, 0.25) is 0 Å². The van der Waals surface area contributed by atoms with Crippen molar-refractivity contribution in [2.75, 3.05) is 6.54 Å². The topological polar surface area (TPSA) is 40.7 Å². The van der Waals surface area contributed by atoms with Crippen molar-refractivity contribution in [3.05, 3.63) is 77.4 Å². The Kier molecular flexibility index (Phi) is 3.28. The van der Waals surface area contributed by atoms with Gasteiger partial charge >= 0.3 is 0 Å². The number of nitrogens with one attached hydrogen (secondary N) is 2. The molecule has 0 saturated carbocycles. The minimum atomic E-state index is 0.180. The molecule has 1 atom stereocenters. The molecule has 4 rings (SSSR count). The van der Waals surface area contributed by atoms with Crippen molar-refractivity contribution in [1.82, 2.24) is 15.3 Å². The Morgan fingerprint density at radius 1 is 1.09 bits per heavy atom. The predicted octanol–water partition coefficient (Wildman–Crippen LogP) is 3.62. The van der Waals surface area contributed by atoms with Crippen LogP contribution >= 0.6 is 0 Å². The summed E-state index contributed by atoms with van der Waals surface area (Å²) >= 11 is 0. The highest BCUT2D eigenvalue weighted by Crippen LogP contribution is 2.30. The summed E-state index contributed by atoms with van der Waals surface area (Å²) in [5.41, 5.74) is 7.52. The molecule has 0 saturated heterocycles. The third-order valence-electron chi connectivity index (χ3n) is 4.42. The Morgan fingerprint density at radius 2 is 2.00 bits per heavy atom. The molecular weight excluding hydrogens is 270 g/mol. The Balaban J connectivity index is 1.77. The van der Waals surface area contributed by atoms with Gasteiger partial charge in [-0.2, -0.15) is 0 Å². The summed E-state index contributed by atoms with van der Waals surface area (Å²) in [6.45, 7) is 3.14. The highest BCUT2D eigenvalue weighted by Gasteiger charge is 2.23. The largest absolute Gasteiger partial charge is 0.348 e. The lowest BCUT2D eigenvalue weighted by molar-refractivity contribution is 0.553. The third-order valence-corrected chi connectivity index (χ3v) is 4.42. The van der Waals surface area contributed by atoms with Crippen molar-refractivity contribution in [2.45, 2.75) is 19.4 Å². The molecule has 1 aliphatic heterocycles. The zero-order chi connectivity index (χ0) is 14.9. The first kappa shape index (κ1) is 13.3. The Hall–Kier alpha value is -2.39. The molecule has 0 radical (unpaired) electrons. The number of hydrogen-bond donors (Lipinski definition) is 2. The maximum absolute atomic E-state index is 4.52. The molecule has 0 fully saturated rings. The van der Waals surface area contributed by atoms with Crippen LogP contribution in [0.4, 0.5) is 0 Å². The van der Waals surface area contributed by atoms with Gasteiger partial charge in [0.05, 0.1) is 18.1 Å². The number of rotatable bonds is 2. The molecule has 3 aromatic rings. The van der Waals surface area contributed by atoms with E-state index < -0.39 is 0 Å². The molecule has 0 spiro atoms. The van der Waals surface area contributed by atoms with E-state index in [0.717, 1.165) is 18.7 Å². The summed E-state index contributed by atoms with van der Waals surface area (Å²) in [7, 11) is 0. The molecule has 0 aliphatic carbocycles. The lowest BCUT2D eigenvalue weighted by atomic mass is 9.93. The second-order valence-corrected chi connectivity index (χ2v) is 5.84. The summed E-state index contributed by atoms with van der Waals surface area (Å²) in [4.78, 5) is 7.78. The van der Waals surface area contributed by atoms with Gasteiger partial charge in [0.15, 0.2) is 0 Å². The fraction of sp³-hybridized carbons (Fsp3) is 0.211. The maximum Gasteiger partial charge on any atom is 0.0926 e. The molecule has 0 amide bonds. The highest BCUT2D eigenvalue weighted by atomic mass is 15.0. The van der Waals surface area contributed by atoms with Crippen LogP contribution in [0.2, 0.25) is 0 Å². The van der Waals surface area contributed by atoms with Crippen LogP contribution in [0.25, 0.3) is 11.1 Å². The van der Waals surface area contributed by atoms with Gasteiger partial charge in [-0.15, -0.1) is 0 Å². The van der Waals surface area contributed by atoms with E-state index in [1.807, 2.05) is 0 Å². The summed E-state index contributed by atoms with van der Waals surface area (Å²) in [6, 6.07) is 17.5. The normalized spacial score (nSPS) is 17.2. The zero-order valence-corrected chi connectivity index (χ0v) is 12.6. The SMILES string of the molecule is Cc1ccccc1-c1cccc(C2NCCc3[nH]cnc32)c1. The van der Waals surface area contributed by atoms with Gasteiger partial charge in [-0.1, -0.05) is 42.5 Å². The number of H-pyrrole nitrogens is 1. The lowest BCUT2D eigenvalue weighted by Gasteiger charge is -2.24. The fourth-order valence-corrected chi connectivity index (χ4v) is 3.28. The van der Waals surface area contributed by atoms with Gasteiger partial charge < -0.3 is 10.3 Å². The fourth-order valence-electron chi connectivity index (χ4n) is 3.28. The first-order chi connectivity index (χ1) is 10.8. The molecule has 1 unspecified atom stereocenters. The molecule has 110 valence electrons. The predicted molar refractivity (Wildman–Crippen MR) is 88.8 cm³/mol. The third kappa shape index (κ3) is 2.24. The maximum atomic E-state index is 4.52. The van der Waals surface area contributed by atoms with Gasteiger partial charge in [0, 0.05) is 18.7 Å². The number of aryl methyl sites for hydroxylation is 1. The van der Waals surface area contributed by atoms with Crippen molar-refractivity contribution in [2.24, 2.45) is 0 Å². The van der Waals surface area contributed by atoms with Crippen LogP contribution in [0.3, 0.4) is 0 Å². The molecule has 3 heteroatoms. The minimum absolute atomic E-state index is 0.180. The summed E-state index contributed by atoms with van der Waals surface area (Å²) in [6.07, 6.45) is 2.82. The monoisotopic (exact) mass is 289 g/mol. The van der Waals surface area contributed by atoms with E-state index in [4.69, 9.17) is 0 Å². The standard InChI is InChI=1S/C19H19N3/c1-13-5-2-3-8-16(13)14-6-4-7-15(11-14)18-19-17(9-10-20-18)21-12-22-19/h2-8,11-12,18,20H,9-10H2,1H3,(H,21,22). The number of aromatic nitrogens is 2. The first-order valence-corrected chi connectivity index (χ1v) is 7.74. The van der Waals surface area contributed by atoms with E-state index >= 15 is 0 Å². The van der Waals surface area contributed by atoms with E-state index in [2.05, 4.69) is 70.7 Å². The molecule has 2 aromatic carbocycles. The van der Waals surface area contributed by atoms with Gasteiger partial charge in [0.25, 0.3) is 0 Å². The zero-order valence-electron chi connectivity index (χ0n) is 12.6. The number of hydrogen-bond acceptors (Lipinski definition) is 2. The molecule has 3 nitrogen and oxygen atoms in total. The second-order valence-electron chi connectivity index (χ2n) is 5.84. The van der Waals surface area contributed by atoms with E-state index in [9.17, 15) is 0 Å². The minimum Gasteiger partial charge on any atom is -0.348 e. The highest BCUT2D eigenvalue weighted by molar-refractivity contribution is 5.68. The average molecular weight is 289 g/mol. The molecule has 22 heavy (non-hydrogen) atoms. The van der Waals surface area contributed by atoms with E-state index in [1.165, 1.54) is 27.9 Å². The lowest BCUT2D eigenvalue weighted by Crippen LogP contribution is -2.30. The van der Waals surface area contributed by atoms with E-state index in [-0.39, 0.29) is 6.04 Å². The number of aromatic amines is 1. The van der Waals surface area contributed by atoms with Crippen molar-refractivity contribution in [3.8, 4) is 11.1 Å². The Labute approximate surface area is 130 Å². The van der Waals surface area contributed by atoms with Crippen molar-refractivity contribution >= 4 is 0 Å². The van der Waals surface area contributed by atoms with Crippen LogP contribution in [0, 0.1) is 6.92 Å². The molecule has 1 aromatic heterocycles. The number of nitrogens with zero attached hydrogens (tertiary/aromatic N) is 1. The summed E-state index contributed by atoms with van der Waals surface area (Å²) in [5.74, 6) is 0. The van der Waals surface area contributed by atoms with Crippen molar-refractivity contribution in [1.29, 1.82) is 0 Å². The first-order valence-electron chi connectivity index (χ1n) is 7.74. The quantitative estimate of drug-likeness (QED) is 0.756. The van der Waals surface area contributed by atoms with Crippen LogP contribution in [0.5, 0.6) is 0 Å². The number of imidazole rings is 1. The second kappa shape index (κ2) is 5.43. The molecule has 2 N–H and O–H groups in total. The van der Waals surface area contributed by atoms with Gasteiger partial charge in [-0.25, -0.2) is 4.98 Å². The Bertz CT molecular complexity index is 804. The summed E-state index contributed by atoms with van der Waals surface area (Å²) in [5, 5.41) is 3.59. The summed E-state index contributed by atoms with van der Waals surface area (Å²) < 4.78 is 0. The van der Waals surface area contributed by atoms with Crippen LogP contribution in [0.15, 0.2) is 54.9 Å². The van der Waals surface area contributed by atoms with E-state index in [1.54, 1.807) is 6.33 Å². The smallest absolute Gasteiger partial charge is 0.0926 e. The number of benzene rings is 2. The van der Waals surface area contributed by atoms with Crippen LogP contribution in [-0.2, 0) is 6.42 Å². The van der Waals surface area contributed by atoms with E-state index in [0.29, 0.717) is 0 Å². The number of fused-ring (bicyclic) bond motifs is 1. The van der Waals surface area contributed by atoms with Crippen molar-refractivity contribution in [3.63, 3.8) is 0 Å². The molecular formula is C19H19N3. The average Bonchev–Trinajstić information content (AvgIpc) is 3.04. The Morgan fingerprint density at radius 3 is 2.91 bits per heavy atom. The molecule has 2 heterocycles. The van der Waals surface area contributed by atoms with Crippen LogP contribution < -0.4 is 5.32 Å². The van der Waals surface area contributed by atoms with Crippen molar-refractivity contribution < 1.29 is 0 Å². The van der Waals surface area contributed by atoms with Crippen LogP contribution in [0.1, 0.15) is 28.6 Å².